The third-order valence-electron chi connectivity index (χ3n) is 10.3. The van der Waals surface area contributed by atoms with Crippen LogP contribution in [0.3, 0.4) is 0 Å². The van der Waals surface area contributed by atoms with Crippen LogP contribution in [0.5, 0.6) is 0 Å². The second-order valence-corrected chi connectivity index (χ2v) is 15.1. The first-order chi connectivity index (χ1) is 25.3. The Morgan fingerprint density at radius 2 is 1.71 bits per heavy atom. The molecule has 52 heavy (non-hydrogen) atoms. The van der Waals surface area contributed by atoms with Gasteiger partial charge in [-0.15, -0.1) is 11.3 Å². The second-order valence-electron chi connectivity index (χ2n) is 13.7. The van der Waals surface area contributed by atoms with Gasteiger partial charge in [0.25, 0.3) is 5.91 Å². The number of amides is 4. The first-order valence-electron chi connectivity index (χ1n) is 17.7. The Labute approximate surface area is 311 Å². The monoisotopic (exact) mass is 736 g/mol. The van der Waals surface area contributed by atoms with Crippen molar-refractivity contribution in [3.63, 3.8) is 0 Å². The summed E-state index contributed by atoms with van der Waals surface area (Å²) in [5.74, 6) is -1.67. The average Bonchev–Trinajstić information content (AvgIpc) is 3.93. The van der Waals surface area contributed by atoms with Crippen LogP contribution in [-0.2, 0) is 27.2 Å². The van der Waals surface area contributed by atoms with Crippen molar-refractivity contribution in [3.8, 4) is 10.6 Å². The minimum atomic E-state index is -0.725. The molecule has 10 nitrogen and oxygen atoms in total. The molecular formula is C40H41ClN6O4S. The van der Waals surface area contributed by atoms with Crippen molar-refractivity contribution in [3.05, 3.63) is 112 Å². The van der Waals surface area contributed by atoms with Gasteiger partial charge < -0.3 is 25.4 Å². The molecule has 2 saturated heterocycles. The van der Waals surface area contributed by atoms with E-state index in [1.54, 1.807) is 29.1 Å². The van der Waals surface area contributed by atoms with Crippen LogP contribution in [0.2, 0.25) is 5.02 Å². The van der Waals surface area contributed by atoms with Crippen molar-refractivity contribution in [2.24, 2.45) is 17.8 Å². The fraction of sp³-hybridized carbons (Fsp3) is 0.325. The smallest absolute Gasteiger partial charge is 0.265 e. The number of fused-ring (bicyclic) bond motifs is 2. The molecule has 2 aromatic heterocycles. The highest BCUT2D eigenvalue weighted by molar-refractivity contribution is 7.16. The van der Waals surface area contributed by atoms with Crippen molar-refractivity contribution in [2.45, 2.75) is 31.7 Å². The zero-order chi connectivity index (χ0) is 36.2. The predicted octanol–water partition coefficient (Wildman–Crippen LogP) is 5.59. The molecule has 0 bridgehead atoms. The molecule has 2 fully saturated rings. The molecule has 12 heteroatoms. The highest BCUT2D eigenvalue weighted by Crippen LogP contribution is 2.38. The third-order valence-corrected chi connectivity index (χ3v) is 11.6. The fourth-order valence-corrected chi connectivity index (χ4v) is 8.68. The average molecular weight is 737 g/mol. The highest BCUT2D eigenvalue weighted by atomic mass is 35.5. The Kier molecular flexibility index (Phi) is 10.7. The van der Waals surface area contributed by atoms with E-state index in [9.17, 15) is 19.2 Å². The van der Waals surface area contributed by atoms with Gasteiger partial charge in [-0.25, -0.2) is 4.98 Å². The predicted molar refractivity (Wildman–Crippen MR) is 203 cm³/mol. The van der Waals surface area contributed by atoms with Gasteiger partial charge in [0.15, 0.2) is 0 Å². The lowest BCUT2D eigenvalue weighted by Gasteiger charge is -2.40. The van der Waals surface area contributed by atoms with Gasteiger partial charge >= 0.3 is 0 Å². The van der Waals surface area contributed by atoms with Crippen molar-refractivity contribution < 1.29 is 19.2 Å². The molecule has 4 amide bonds. The summed E-state index contributed by atoms with van der Waals surface area (Å²) in [4.78, 5) is 66.9. The van der Waals surface area contributed by atoms with E-state index in [1.165, 1.54) is 16.9 Å². The maximum absolute atomic E-state index is 14.2. The van der Waals surface area contributed by atoms with E-state index in [1.807, 2.05) is 66.9 Å². The van der Waals surface area contributed by atoms with Gasteiger partial charge in [0.05, 0.1) is 18.5 Å². The van der Waals surface area contributed by atoms with Gasteiger partial charge in [-0.3, -0.25) is 19.2 Å². The summed E-state index contributed by atoms with van der Waals surface area (Å²) >= 11 is 7.54. The summed E-state index contributed by atoms with van der Waals surface area (Å²) in [6.07, 6.45) is 5.56. The number of nitrogens with one attached hydrogen (secondary N) is 3. The number of likely N-dealkylation sites (N-methyl/N-ethyl adjacent to an activating group) is 1. The summed E-state index contributed by atoms with van der Waals surface area (Å²) < 4.78 is 0. The van der Waals surface area contributed by atoms with Crippen LogP contribution in [0.4, 0.5) is 0 Å². The lowest BCUT2D eigenvalue weighted by Crippen LogP contribution is -2.56. The number of carbonyl (C=O) groups is 4. The number of H-pyrrole nitrogens is 1. The molecular weight excluding hydrogens is 696 g/mol. The number of carbonyl (C=O) groups excluding carboxylic acids is 4. The van der Waals surface area contributed by atoms with E-state index in [2.05, 4.69) is 32.7 Å². The van der Waals surface area contributed by atoms with Crippen LogP contribution in [-0.4, -0.2) is 82.7 Å². The Morgan fingerprint density at radius 3 is 2.48 bits per heavy atom. The van der Waals surface area contributed by atoms with Crippen LogP contribution in [0.25, 0.3) is 21.5 Å². The molecule has 0 saturated carbocycles. The van der Waals surface area contributed by atoms with E-state index < -0.39 is 12.0 Å². The van der Waals surface area contributed by atoms with E-state index >= 15 is 0 Å². The van der Waals surface area contributed by atoms with Gasteiger partial charge in [0.2, 0.25) is 17.7 Å². The fourth-order valence-electron chi connectivity index (χ4n) is 7.62. The number of nitrogens with zero attached hydrogens (tertiary/aromatic N) is 3. The molecule has 2 aliphatic rings. The number of halogens is 1. The van der Waals surface area contributed by atoms with Gasteiger partial charge in [-0.2, -0.15) is 0 Å². The molecule has 5 aromatic rings. The van der Waals surface area contributed by atoms with Crippen molar-refractivity contribution >= 4 is 57.5 Å². The second kappa shape index (κ2) is 15.7. The number of hydrogen-bond donors (Lipinski definition) is 3. The number of aromatic nitrogens is 2. The van der Waals surface area contributed by atoms with Gasteiger partial charge in [0, 0.05) is 60.9 Å². The largest absolute Gasteiger partial charge is 0.361 e. The molecule has 4 heterocycles. The standard InChI is InChI=1S/C40H41ClN6O4S/c1-42-38(50)33(14-8-11-25-9-4-2-5-10-25)45-37(49)32-24-46(36(48)17-27-19-43-34-18-29(41)15-16-30(27)34)21-28-22-47(23-31(28)32)40(51)35-20-44-39(52-35)26-12-6-3-7-13-26/h2-7,9-10,12-13,15-16,18-20,28,31-33,43H,8,11,14,17,21-24H2,1H3,(H,42,50)(H,45,49)/t28?,31?,32?,33-/m0/s1. The lowest BCUT2D eigenvalue weighted by atomic mass is 9.79. The normalized spacial score (nSPS) is 18.9. The first kappa shape index (κ1) is 35.4. The lowest BCUT2D eigenvalue weighted by molar-refractivity contribution is -0.140. The zero-order valence-corrected chi connectivity index (χ0v) is 30.5. The zero-order valence-electron chi connectivity index (χ0n) is 28.9. The molecule has 7 rings (SSSR count). The number of aromatic amines is 1. The quantitative estimate of drug-likeness (QED) is 0.163. The summed E-state index contributed by atoms with van der Waals surface area (Å²) in [6, 6.07) is 24.6. The number of piperidine rings is 1. The number of rotatable bonds is 11. The number of aryl methyl sites for hydroxylation is 1. The molecule has 3 aromatic carbocycles. The number of benzene rings is 3. The third kappa shape index (κ3) is 7.75. The van der Waals surface area contributed by atoms with E-state index in [0.717, 1.165) is 33.5 Å². The minimum Gasteiger partial charge on any atom is -0.361 e. The topological polar surface area (TPSA) is 128 Å². The summed E-state index contributed by atoms with van der Waals surface area (Å²) in [5.41, 5.74) is 3.81. The number of hydrogen-bond acceptors (Lipinski definition) is 6. The Hall–Kier alpha value is -5.00. The molecule has 268 valence electrons. The highest BCUT2D eigenvalue weighted by Gasteiger charge is 2.48. The van der Waals surface area contributed by atoms with Gasteiger partial charge in [-0.05, 0) is 54.4 Å². The molecule has 0 aliphatic carbocycles. The Morgan fingerprint density at radius 1 is 0.962 bits per heavy atom. The summed E-state index contributed by atoms with van der Waals surface area (Å²) in [7, 11) is 1.57. The first-order valence-corrected chi connectivity index (χ1v) is 18.9. The summed E-state index contributed by atoms with van der Waals surface area (Å²) in [5, 5.41) is 8.04. The van der Waals surface area contributed by atoms with Crippen LogP contribution in [0.1, 0.15) is 33.6 Å². The number of likely N-dealkylation sites (tertiary alicyclic amines) is 2. The Bertz CT molecular complexity index is 2070. The van der Waals surface area contributed by atoms with Gasteiger partial charge in [-0.1, -0.05) is 78.3 Å². The minimum absolute atomic E-state index is 0.0995. The van der Waals surface area contributed by atoms with Gasteiger partial charge in [0.1, 0.15) is 15.9 Å². The molecule has 0 radical (unpaired) electrons. The van der Waals surface area contributed by atoms with E-state index in [0.29, 0.717) is 42.4 Å². The van der Waals surface area contributed by atoms with Crippen molar-refractivity contribution in [1.82, 2.24) is 30.4 Å². The van der Waals surface area contributed by atoms with Crippen LogP contribution in [0, 0.1) is 17.8 Å². The molecule has 4 atom stereocenters. The molecule has 3 unspecified atom stereocenters. The molecule has 0 spiro atoms. The van der Waals surface area contributed by atoms with E-state index in [4.69, 9.17) is 11.6 Å². The van der Waals surface area contributed by atoms with Crippen molar-refractivity contribution in [1.29, 1.82) is 0 Å². The van der Waals surface area contributed by atoms with Crippen molar-refractivity contribution in [2.75, 3.05) is 33.2 Å². The van der Waals surface area contributed by atoms with Crippen LogP contribution < -0.4 is 10.6 Å². The maximum Gasteiger partial charge on any atom is 0.265 e. The maximum atomic E-state index is 14.2. The van der Waals surface area contributed by atoms with Crippen LogP contribution >= 0.6 is 22.9 Å². The number of thiazole rings is 1. The molecule has 2 aliphatic heterocycles. The summed E-state index contributed by atoms with van der Waals surface area (Å²) in [6.45, 7) is 1.42. The van der Waals surface area contributed by atoms with Crippen LogP contribution in [0.15, 0.2) is 91.3 Å². The molecule has 3 N–H and O–H groups in total. The Balaban J connectivity index is 1.10. The van der Waals surface area contributed by atoms with E-state index in [-0.39, 0.29) is 48.4 Å². The SMILES string of the molecule is CNC(=O)[C@H](CCCc1ccccc1)NC(=O)C1CN(C(=O)Cc2c[nH]c3cc(Cl)ccc23)CC2CN(C(=O)c3cnc(-c4ccccc4)s3)CC21.